The van der Waals surface area contributed by atoms with Gasteiger partial charge in [0.05, 0.1) is 12.5 Å². The van der Waals surface area contributed by atoms with Crippen LogP contribution < -0.4 is 9.47 Å². The Bertz CT molecular complexity index is 1120. The van der Waals surface area contributed by atoms with E-state index in [4.69, 9.17) is 23.7 Å². The average Bonchev–Trinajstić information content (AvgIpc) is 2.89. The molecule has 6 nitrogen and oxygen atoms in total. The summed E-state index contributed by atoms with van der Waals surface area (Å²) < 4.78 is 30.8. The monoisotopic (exact) mass is 522 g/mol. The molecule has 3 unspecified atom stereocenters. The first-order chi connectivity index (χ1) is 18.3. The summed E-state index contributed by atoms with van der Waals surface area (Å²) in [6, 6.07) is 10.3. The maximum Gasteiger partial charge on any atom is 0.308 e. The number of hydrogen-bond donors (Lipinski definition) is 0. The van der Waals surface area contributed by atoms with Gasteiger partial charge in [-0.2, -0.15) is 0 Å². The Labute approximate surface area is 226 Å². The molecule has 0 radical (unpaired) electrons. The van der Waals surface area contributed by atoms with E-state index < -0.39 is 0 Å². The molecule has 0 amide bonds. The van der Waals surface area contributed by atoms with Crippen LogP contribution in [0.3, 0.4) is 0 Å². The summed E-state index contributed by atoms with van der Waals surface area (Å²) in [6.45, 7) is 9.84. The lowest BCUT2D eigenvalue weighted by Gasteiger charge is -2.37. The lowest BCUT2D eigenvalue weighted by molar-refractivity contribution is -0.209. The average molecular weight is 523 g/mol. The van der Waals surface area contributed by atoms with E-state index in [-0.39, 0.29) is 30.1 Å². The van der Waals surface area contributed by atoms with Crippen LogP contribution in [-0.4, -0.2) is 36.7 Å². The zero-order chi connectivity index (χ0) is 26.7. The zero-order valence-electron chi connectivity index (χ0n) is 23.3. The topological polar surface area (TPSA) is 63.2 Å². The molecule has 206 valence electrons. The molecule has 0 bridgehead atoms. The lowest BCUT2D eigenvalue weighted by Crippen LogP contribution is -2.38. The minimum atomic E-state index is -0.219. The largest absolute Gasteiger partial charge is 0.488 e. The maximum atomic E-state index is 12.5. The summed E-state index contributed by atoms with van der Waals surface area (Å²) in [5.74, 6) is 1.75. The summed E-state index contributed by atoms with van der Waals surface area (Å²) in [5.41, 5.74) is 5.60. The molecular formula is C32H42O6. The fourth-order valence-electron chi connectivity index (χ4n) is 5.97. The Balaban J connectivity index is 1.35. The Morgan fingerprint density at radius 2 is 1.89 bits per heavy atom. The number of cyclic esters (lactones) is 1. The highest BCUT2D eigenvalue weighted by Crippen LogP contribution is 2.45. The van der Waals surface area contributed by atoms with Gasteiger partial charge in [-0.3, -0.25) is 4.79 Å². The molecule has 6 heteroatoms. The number of carbonyl (C=O) groups excluding carboxylic acids is 1. The molecule has 0 N–H and O–H groups in total. The van der Waals surface area contributed by atoms with Gasteiger partial charge in [0.2, 0.25) is 0 Å². The van der Waals surface area contributed by atoms with Gasteiger partial charge in [-0.1, -0.05) is 30.3 Å². The van der Waals surface area contributed by atoms with E-state index in [9.17, 15) is 4.79 Å². The summed E-state index contributed by atoms with van der Waals surface area (Å²) in [7, 11) is 0. The van der Waals surface area contributed by atoms with Gasteiger partial charge in [0.15, 0.2) is 6.29 Å². The van der Waals surface area contributed by atoms with Crippen LogP contribution in [0.1, 0.15) is 86.6 Å². The number of hydrogen-bond acceptors (Lipinski definition) is 6. The van der Waals surface area contributed by atoms with Crippen LogP contribution in [0, 0.1) is 13.8 Å². The van der Waals surface area contributed by atoms with Crippen molar-refractivity contribution in [2.75, 3.05) is 6.61 Å². The van der Waals surface area contributed by atoms with E-state index in [1.54, 1.807) is 0 Å². The lowest BCUT2D eigenvalue weighted by atomic mass is 9.86. The van der Waals surface area contributed by atoms with Crippen LogP contribution >= 0.6 is 0 Å². The number of fused-ring (bicyclic) bond motifs is 1. The van der Waals surface area contributed by atoms with Crippen LogP contribution in [0.5, 0.6) is 11.5 Å². The van der Waals surface area contributed by atoms with Crippen molar-refractivity contribution in [2.24, 2.45) is 0 Å². The van der Waals surface area contributed by atoms with Crippen LogP contribution in [0.2, 0.25) is 0 Å². The fourth-order valence-corrected chi connectivity index (χ4v) is 5.97. The number of carbonyl (C=O) groups is 1. The third-order valence-corrected chi connectivity index (χ3v) is 8.13. The van der Waals surface area contributed by atoms with Gasteiger partial charge in [0, 0.05) is 24.2 Å². The van der Waals surface area contributed by atoms with Gasteiger partial charge >= 0.3 is 5.97 Å². The second-order valence-corrected chi connectivity index (χ2v) is 11.6. The van der Waals surface area contributed by atoms with Crippen molar-refractivity contribution in [3.05, 3.63) is 58.1 Å². The second-order valence-electron chi connectivity index (χ2n) is 11.6. The predicted molar refractivity (Wildman–Crippen MR) is 146 cm³/mol. The second kappa shape index (κ2) is 11.7. The molecule has 5 rings (SSSR count). The van der Waals surface area contributed by atoms with Crippen molar-refractivity contribution < 1.29 is 28.5 Å². The Morgan fingerprint density at radius 1 is 1.08 bits per heavy atom. The molecule has 2 saturated heterocycles. The van der Waals surface area contributed by atoms with E-state index >= 15 is 0 Å². The van der Waals surface area contributed by atoms with Gasteiger partial charge in [-0.25, -0.2) is 0 Å². The highest BCUT2D eigenvalue weighted by molar-refractivity contribution is 5.71. The van der Waals surface area contributed by atoms with Gasteiger partial charge in [-0.05, 0) is 89.3 Å². The zero-order valence-corrected chi connectivity index (χ0v) is 23.3. The quantitative estimate of drug-likeness (QED) is 0.367. The van der Waals surface area contributed by atoms with Gasteiger partial charge in [-0.15, -0.1) is 0 Å². The number of esters is 1. The molecule has 2 aromatic rings. The molecule has 0 spiro atoms. The summed E-state index contributed by atoms with van der Waals surface area (Å²) in [5, 5.41) is 0. The van der Waals surface area contributed by atoms with Gasteiger partial charge in [0.25, 0.3) is 0 Å². The van der Waals surface area contributed by atoms with Crippen molar-refractivity contribution in [2.45, 2.75) is 116 Å². The highest BCUT2D eigenvalue weighted by atomic mass is 16.7. The molecular weight excluding hydrogens is 480 g/mol. The smallest absolute Gasteiger partial charge is 0.308 e. The molecule has 2 aromatic carbocycles. The van der Waals surface area contributed by atoms with Crippen molar-refractivity contribution in [1.29, 1.82) is 0 Å². The van der Waals surface area contributed by atoms with E-state index in [1.807, 2.05) is 18.2 Å². The number of rotatable bonds is 8. The minimum absolute atomic E-state index is 0.155. The number of ether oxygens (including phenoxy) is 5. The van der Waals surface area contributed by atoms with E-state index in [0.29, 0.717) is 19.4 Å². The first kappa shape index (κ1) is 27.0. The normalized spacial score (nSPS) is 24.7. The molecule has 38 heavy (non-hydrogen) atoms. The van der Waals surface area contributed by atoms with E-state index in [2.05, 4.69) is 39.8 Å². The fraction of sp³-hybridized carbons (Fsp3) is 0.594. The number of benzene rings is 2. The molecule has 0 aromatic heterocycles. The van der Waals surface area contributed by atoms with Gasteiger partial charge in [0.1, 0.15) is 29.8 Å². The Kier molecular flexibility index (Phi) is 8.29. The van der Waals surface area contributed by atoms with Crippen LogP contribution in [0.15, 0.2) is 30.3 Å². The summed E-state index contributed by atoms with van der Waals surface area (Å²) in [6.07, 6.45) is 6.90. The summed E-state index contributed by atoms with van der Waals surface area (Å²) >= 11 is 0. The van der Waals surface area contributed by atoms with Crippen LogP contribution in [0.25, 0.3) is 0 Å². The molecule has 3 aliphatic heterocycles. The molecule has 3 aliphatic rings. The summed E-state index contributed by atoms with van der Waals surface area (Å²) in [4.78, 5) is 12.5. The third kappa shape index (κ3) is 6.35. The highest BCUT2D eigenvalue weighted by Gasteiger charge is 2.35. The molecule has 0 saturated carbocycles. The predicted octanol–water partition coefficient (Wildman–Crippen LogP) is 6.54. The first-order valence-electron chi connectivity index (χ1n) is 14.3. The van der Waals surface area contributed by atoms with E-state index in [0.717, 1.165) is 85.3 Å². The van der Waals surface area contributed by atoms with Crippen molar-refractivity contribution in [3.8, 4) is 11.5 Å². The van der Waals surface area contributed by atoms with E-state index in [1.165, 1.54) is 5.56 Å². The Morgan fingerprint density at radius 3 is 2.66 bits per heavy atom. The SMILES string of the molecule is Cc1c(CCC2CC(OC3CCCCO3)CC(=O)O2)c2c(c(C)c1OCc1ccccc1)CCC(C)(C)O2. The first-order valence-corrected chi connectivity index (χ1v) is 14.3. The van der Waals surface area contributed by atoms with Crippen LogP contribution in [0.4, 0.5) is 0 Å². The maximum absolute atomic E-state index is 12.5. The third-order valence-electron chi connectivity index (χ3n) is 8.13. The Hall–Kier alpha value is -2.57. The van der Waals surface area contributed by atoms with Crippen molar-refractivity contribution in [3.63, 3.8) is 0 Å². The minimum Gasteiger partial charge on any atom is -0.488 e. The molecule has 0 aliphatic carbocycles. The molecule has 3 atom stereocenters. The van der Waals surface area contributed by atoms with Crippen LogP contribution in [-0.2, 0) is 38.5 Å². The van der Waals surface area contributed by atoms with Crippen molar-refractivity contribution >= 4 is 5.97 Å². The van der Waals surface area contributed by atoms with Crippen molar-refractivity contribution in [1.82, 2.24) is 0 Å². The standard InChI is InChI=1S/C32H42O6/c1-21-26(14-13-24-18-25(19-28(33)36-24)37-29-12-8-9-17-34-29)31-27(15-16-32(3,4)38-31)22(2)30(21)35-20-23-10-6-5-7-11-23/h5-7,10-11,24-25,29H,8-9,12-20H2,1-4H3. The van der Waals surface area contributed by atoms with Gasteiger partial charge < -0.3 is 23.7 Å². The molecule has 3 heterocycles. The molecule has 2 fully saturated rings.